The molecule has 1 rings (SSSR count). The smallest absolute Gasteiger partial charge is 0.322 e. The molecule has 0 heterocycles. The van der Waals surface area contributed by atoms with Gasteiger partial charge in [0.15, 0.2) is 0 Å². The van der Waals surface area contributed by atoms with Crippen molar-refractivity contribution in [2.45, 2.75) is 17.4 Å². The topological polar surface area (TPSA) is 127 Å². The number of halogens is 1. The van der Waals surface area contributed by atoms with Crippen molar-refractivity contribution in [1.82, 2.24) is 4.72 Å². The van der Waals surface area contributed by atoms with Crippen molar-refractivity contribution in [3.63, 3.8) is 0 Å². The number of hydrogen-bond donors (Lipinski definition) is 2. The molecule has 0 aliphatic rings. The highest BCUT2D eigenvalue weighted by Crippen LogP contribution is 2.21. The minimum absolute atomic E-state index is 0.183. The third-order valence-electron chi connectivity index (χ3n) is 2.42. The van der Waals surface area contributed by atoms with Crippen LogP contribution >= 0.6 is 0 Å². The van der Waals surface area contributed by atoms with Crippen LogP contribution in [0.25, 0.3) is 0 Å². The van der Waals surface area contributed by atoms with E-state index in [0.717, 1.165) is 6.07 Å². The zero-order valence-corrected chi connectivity index (χ0v) is 11.3. The Morgan fingerprint density at radius 2 is 2.19 bits per heavy atom. The Morgan fingerprint density at radius 1 is 1.57 bits per heavy atom. The number of nitro benzene ring substituents is 1. The number of aliphatic carboxylic acids is 1. The number of nitrogens with zero attached hydrogens (tertiary/aromatic N) is 1. The molecule has 0 bridgehead atoms. The van der Waals surface area contributed by atoms with Gasteiger partial charge in [0.2, 0.25) is 15.8 Å². The molecule has 1 unspecified atom stereocenters. The Morgan fingerprint density at radius 3 is 2.67 bits per heavy atom. The second-order valence-corrected chi connectivity index (χ2v) is 5.62. The number of rotatable bonds is 7. The summed E-state index contributed by atoms with van der Waals surface area (Å²) in [5.74, 6) is -2.63. The van der Waals surface area contributed by atoms with Crippen molar-refractivity contribution in [3.8, 4) is 0 Å². The normalized spacial score (nSPS) is 12.6. The van der Waals surface area contributed by atoms with Crippen molar-refractivity contribution < 1.29 is 27.6 Å². The van der Waals surface area contributed by atoms with Crippen molar-refractivity contribution in [3.05, 3.63) is 46.8 Å². The summed E-state index contributed by atoms with van der Waals surface area (Å²) in [7, 11) is -4.35. The summed E-state index contributed by atoms with van der Waals surface area (Å²) >= 11 is 0. The first kappa shape index (κ1) is 16.7. The lowest BCUT2D eigenvalue weighted by Crippen LogP contribution is -2.40. The first-order chi connectivity index (χ1) is 9.69. The van der Waals surface area contributed by atoms with Crippen LogP contribution in [0.4, 0.5) is 10.1 Å². The van der Waals surface area contributed by atoms with Crippen molar-refractivity contribution in [1.29, 1.82) is 0 Å². The molecule has 10 heteroatoms. The molecule has 0 spiro atoms. The number of carbonyl (C=O) groups is 1. The second-order valence-electron chi connectivity index (χ2n) is 3.91. The van der Waals surface area contributed by atoms with Crippen molar-refractivity contribution in [2.24, 2.45) is 0 Å². The third kappa shape index (κ3) is 4.07. The predicted molar refractivity (Wildman–Crippen MR) is 69.6 cm³/mol. The minimum atomic E-state index is -4.35. The van der Waals surface area contributed by atoms with E-state index >= 15 is 0 Å². The van der Waals surface area contributed by atoms with E-state index in [1.54, 1.807) is 0 Å². The fourth-order valence-electron chi connectivity index (χ4n) is 1.42. The lowest BCUT2D eigenvalue weighted by Gasteiger charge is -2.13. The summed E-state index contributed by atoms with van der Waals surface area (Å²) < 4.78 is 38.9. The highest BCUT2D eigenvalue weighted by Gasteiger charge is 2.26. The van der Waals surface area contributed by atoms with Gasteiger partial charge in [-0.05, 0) is 18.6 Å². The number of sulfonamides is 1. The van der Waals surface area contributed by atoms with Crippen LogP contribution in [0.15, 0.2) is 35.7 Å². The highest BCUT2D eigenvalue weighted by atomic mass is 32.2. The molecule has 2 N–H and O–H groups in total. The Bertz CT molecular complexity index is 688. The number of nitro groups is 1. The Labute approximate surface area is 119 Å². The molecular weight excluding hydrogens is 307 g/mol. The van der Waals surface area contributed by atoms with E-state index in [0.29, 0.717) is 12.1 Å². The molecule has 0 saturated carbocycles. The van der Waals surface area contributed by atoms with E-state index in [1.807, 2.05) is 4.72 Å². The Hall–Kier alpha value is -2.33. The largest absolute Gasteiger partial charge is 0.480 e. The van der Waals surface area contributed by atoms with Gasteiger partial charge < -0.3 is 5.11 Å². The van der Waals surface area contributed by atoms with Crippen molar-refractivity contribution in [2.75, 3.05) is 0 Å². The molecular formula is C11H11FN2O6S. The fourth-order valence-corrected chi connectivity index (χ4v) is 2.64. The summed E-state index contributed by atoms with van der Waals surface area (Å²) in [5, 5.41) is 19.4. The van der Waals surface area contributed by atoms with Gasteiger partial charge in [-0.25, -0.2) is 8.42 Å². The van der Waals surface area contributed by atoms with Gasteiger partial charge in [-0.15, -0.1) is 6.58 Å². The average Bonchev–Trinajstić information content (AvgIpc) is 2.37. The monoisotopic (exact) mass is 318 g/mol. The van der Waals surface area contributed by atoms with Crippen LogP contribution in [0, 0.1) is 15.9 Å². The maximum Gasteiger partial charge on any atom is 0.322 e. The number of carboxylic acids is 1. The molecule has 8 nitrogen and oxygen atoms in total. The van der Waals surface area contributed by atoms with Gasteiger partial charge in [0.25, 0.3) is 0 Å². The molecule has 0 aliphatic heterocycles. The second kappa shape index (κ2) is 6.41. The van der Waals surface area contributed by atoms with E-state index in [9.17, 15) is 27.7 Å². The Balaban J connectivity index is 3.19. The molecule has 1 aromatic rings. The fraction of sp³-hybridized carbons (Fsp3) is 0.182. The maximum atomic E-state index is 13.2. The molecule has 1 atom stereocenters. The van der Waals surface area contributed by atoms with Crippen LogP contribution in [0.5, 0.6) is 0 Å². The molecule has 0 saturated heterocycles. The first-order valence-electron chi connectivity index (χ1n) is 5.49. The maximum absolute atomic E-state index is 13.2. The summed E-state index contributed by atoms with van der Waals surface area (Å²) in [6.45, 7) is 3.30. The van der Waals surface area contributed by atoms with Crippen LogP contribution in [0.2, 0.25) is 0 Å². The van der Waals surface area contributed by atoms with Gasteiger partial charge in [0.1, 0.15) is 6.04 Å². The number of carboxylic acid groups (broad SMARTS) is 1. The molecule has 0 amide bonds. The van der Waals surface area contributed by atoms with Gasteiger partial charge in [0.05, 0.1) is 9.82 Å². The zero-order chi connectivity index (χ0) is 16.2. The summed E-state index contributed by atoms with van der Waals surface area (Å²) in [5.41, 5.74) is -1.02. The molecule has 0 fully saturated rings. The Kier molecular flexibility index (Phi) is 5.11. The summed E-state index contributed by atoms with van der Waals surface area (Å²) in [4.78, 5) is 19.8. The van der Waals surface area contributed by atoms with E-state index in [-0.39, 0.29) is 6.42 Å². The molecule has 21 heavy (non-hydrogen) atoms. The van der Waals surface area contributed by atoms with E-state index in [1.165, 1.54) is 6.08 Å². The van der Waals surface area contributed by atoms with Crippen LogP contribution in [0.3, 0.4) is 0 Å². The number of hydrogen-bond acceptors (Lipinski definition) is 5. The third-order valence-corrected chi connectivity index (χ3v) is 3.89. The molecule has 0 radical (unpaired) electrons. The van der Waals surface area contributed by atoms with Crippen molar-refractivity contribution >= 4 is 21.7 Å². The van der Waals surface area contributed by atoms with Gasteiger partial charge in [0, 0.05) is 6.07 Å². The predicted octanol–water partition coefficient (Wildman–Crippen LogP) is 1.04. The van der Waals surface area contributed by atoms with E-state index in [2.05, 4.69) is 6.58 Å². The van der Waals surface area contributed by atoms with Crippen LogP contribution in [0.1, 0.15) is 6.42 Å². The number of benzene rings is 1. The molecule has 0 aliphatic carbocycles. The van der Waals surface area contributed by atoms with Crippen LogP contribution < -0.4 is 4.72 Å². The lowest BCUT2D eigenvalue weighted by atomic mass is 10.2. The summed E-state index contributed by atoms with van der Waals surface area (Å²) in [6.07, 6.45) is 1.02. The quantitative estimate of drug-likeness (QED) is 0.439. The van der Waals surface area contributed by atoms with Gasteiger partial charge >= 0.3 is 11.7 Å². The van der Waals surface area contributed by atoms with E-state index < -0.39 is 43.4 Å². The van der Waals surface area contributed by atoms with Gasteiger partial charge in [-0.3, -0.25) is 14.9 Å². The molecule has 0 aromatic heterocycles. The van der Waals surface area contributed by atoms with E-state index in [4.69, 9.17) is 5.11 Å². The molecule has 1 aromatic carbocycles. The van der Waals surface area contributed by atoms with Gasteiger partial charge in [-0.1, -0.05) is 6.08 Å². The lowest BCUT2D eigenvalue weighted by molar-refractivity contribution is -0.387. The summed E-state index contributed by atoms with van der Waals surface area (Å²) in [6, 6.07) is 0.467. The van der Waals surface area contributed by atoms with Crippen LogP contribution in [-0.4, -0.2) is 30.5 Å². The van der Waals surface area contributed by atoms with Gasteiger partial charge in [-0.2, -0.15) is 9.11 Å². The molecule has 114 valence electrons. The zero-order valence-electron chi connectivity index (χ0n) is 10.5. The highest BCUT2D eigenvalue weighted by molar-refractivity contribution is 7.89. The standard InChI is InChI=1S/C11H11FN2O6S/c1-2-3-9(11(15)16)13-21(19,20)7-4-5-8(12)10(6-7)14(17)18/h2,4-6,9,13H,1,3H2,(H,15,16). The SMILES string of the molecule is C=CCC(NS(=O)(=O)c1ccc(F)c([N+](=O)[O-])c1)C(=O)O. The minimum Gasteiger partial charge on any atom is -0.480 e. The van der Waals surface area contributed by atoms with Crippen LogP contribution in [-0.2, 0) is 14.8 Å². The first-order valence-corrected chi connectivity index (χ1v) is 6.97. The number of nitrogens with one attached hydrogen (secondary N) is 1. The average molecular weight is 318 g/mol.